The molecule has 2 fully saturated rings. The van der Waals surface area contributed by atoms with Crippen molar-refractivity contribution in [1.29, 1.82) is 0 Å². The maximum atomic E-state index is 5.84. The van der Waals surface area contributed by atoms with E-state index in [0.717, 1.165) is 6.42 Å². The highest BCUT2D eigenvalue weighted by Crippen LogP contribution is 2.41. The van der Waals surface area contributed by atoms with Crippen molar-refractivity contribution in [2.75, 3.05) is 5.75 Å². The number of nitrogens with one attached hydrogen (secondary N) is 1. The highest BCUT2D eigenvalue weighted by molar-refractivity contribution is 8.00. The molecule has 0 bridgehead atoms. The number of nitrogens with zero attached hydrogens (tertiary/aromatic N) is 2. The van der Waals surface area contributed by atoms with Gasteiger partial charge in [-0.15, -0.1) is 0 Å². The summed E-state index contributed by atoms with van der Waals surface area (Å²) < 4.78 is 2.45. The average molecular weight is 308 g/mol. The molecule has 21 heavy (non-hydrogen) atoms. The van der Waals surface area contributed by atoms with Gasteiger partial charge in [0.2, 0.25) is 0 Å². The lowest BCUT2D eigenvalue weighted by Crippen LogP contribution is -2.50. The maximum Gasteiger partial charge on any atom is 0.0641 e. The summed E-state index contributed by atoms with van der Waals surface area (Å²) in [7, 11) is 0. The second kappa shape index (κ2) is 6.71. The second-order valence-corrected chi connectivity index (χ2v) is 8.40. The zero-order chi connectivity index (χ0) is 14.7. The summed E-state index contributed by atoms with van der Waals surface area (Å²) in [6.07, 6.45) is 12.3. The predicted octanol–water partition coefficient (Wildman–Crippen LogP) is 3.05. The third-order valence-corrected chi connectivity index (χ3v) is 6.85. The summed E-state index contributed by atoms with van der Waals surface area (Å²) >= 11 is 2.05. The lowest BCUT2D eigenvalue weighted by atomic mass is 9.93. The Labute approximate surface area is 132 Å². The largest absolute Gasteiger partial charge is 0.271 e. The minimum atomic E-state index is 0.253. The normalized spacial score (nSPS) is 28.9. The van der Waals surface area contributed by atoms with Crippen LogP contribution in [0.15, 0.2) is 12.3 Å². The molecular formula is C16H28N4S. The molecule has 1 saturated carbocycles. The number of rotatable bonds is 5. The third-order valence-electron chi connectivity index (χ3n) is 5.21. The smallest absolute Gasteiger partial charge is 0.0641 e. The highest BCUT2D eigenvalue weighted by Gasteiger charge is 2.37. The minimum absolute atomic E-state index is 0.253. The molecule has 0 spiro atoms. The molecule has 118 valence electrons. The fourth-order valence-electron chi connectivity index (χ4n) is 3.77. The van der Waals surface area contributed by atoms with Crippen LogP contribution in [0.4, 0.5) is 0 Å². The van der Waals surface area contributed by atoms with Gasteiger partial charge in [0.25, 0.3) is 0 Å². The molecule has 0 radical (unpaired) electrons. The molecule has 1 aromatic heterocycles. The monoisotopic (exact) mass is 308 g/mol. The molecule has 2 atom stereocenters. The van der Waals surface area contributed by atoms with Crippen LogP contribution in [-0.4, -0.2) is 26.3 Å². The van der Waals surface area contributed by atoms with Gasteiger partial charge in [-0.05, 0) is 44.4 Å². The third kappa shape index (κ3) is 3.46. The van der Waals surface area contributed by atoms with E-state index in [9.17, 15) is 0 Å². The molecule has 1 aliphatic heterocycles. The van der Waals surface area contributed by atoms with E-state index >= 15 is 0 Å². The molecular weight excluding hydrogens is 280 g/mol. The zero-order valence-corrected chi connectivity index (χ0v) is 13.9. The van der Waals surface area contributed by atoms with Gasteiger partial charge in [0.05, 0.1) is 11.7 Å². The summed E-state index contributed by atoms with van der Waals surface area (Å²) in [5.74, 6) is 7.09. The molecule has 0 aromatic carbocycles. The molecule has 2 unspecified atom stereocenters. The Bertz CT molecular complexity index is 447. The van der Waals surface area contributed by atoms with Crippen molar-refractivity contribution in [3.05, 3.63) is 18.0 Å². The summed E-state index contributed by atoms with van der Waals surface area (Å²) in [5.41, 5.74) is 4.23. The van der Waals surface area contributed by atoms with Crippen LogP contribution in [0, 0.1) is 0 Å². The minimum Gasteiger partial charge on any atom is -0.271 e. The number of thioether (sulfide) groups is 1. The summed E-state index contributed by atoms with van der Waals surface area (Å²) in [6.45, 7) is 2.34. The summed E-state index contributed by atoms with van der Waals surface area (Å²) in [4.78, 5) is 0. The van der Waals surface area contributed by atoms with Crippen LogP contribution in [0.3, 0.4) is 0 Å². The van der Waals surface area contributed by atoms with E-state index in [2.05, 4.69) is 41.1 Å². The number of nitrogens with two attached hydrogens (primary N) is 1. The number of hydrazine groups is 1. The van der Waals surface area contributed by atoms with Gasteiger partial charge in [0.15, 0.2) is 0 Å². The molecule has 1 saturated heterocycles. The molecule has 2 heterocycles. The SMILES string of the molecule is CC1(C(Cc2ccn(C3CCCCC3)n2)NN)CCCS1. The first kappa shape index (κ1) is 15.4. The van der Waals surface area contributed by atoms with Crippen molar-refractivity contribution in [1.82, 2.24) is 15.2 Å². The Hall–Kier alpha value is -0.520. The van der Waals surface area contributed by atoms with Gasteiger partial charge < -0.3 is 0 Å². The van der Waals surface area contributed by atoms with Gasteiger partial charge >= 0.3 is 0 Å². The van der Waals surface area contributed by atoms with Crippen molar-refractivity contribution in [2.24, 2.45) is 5.84 Å². The van der Waals surface area contributed by atoms with E-state index in [1.807, 2.05) is 0 Å². The lowest BCUT2D eigenvalue weighted by Gasteiger charge is -2.32. The number of hydrogen-bond donors (Lipinski definition) is 2. The Morgan fingerprint density at radius 2 is 2.24 bits per heavy atom. The van der Waals surface area contributed by atoms with E-state index in [1.54, 1.807) is 0 Å². The number of hydrogen-bond acceptors (Lipinski definition) is 4. The van der Waals surface area contributed by atoms with Crippen molar-refractivity contribution < 1.29 is 0 Å². The quantitative estimate of drug-likeness (QED) is 0.648. The van der Waals surface area contributed by atoms with E-state index in [1.165, 1.54) is 56.4 Å². The Morgan fingerprint density at radius 1 is 1.43 bits per heavy atom. The van der Waals surface area contributed by atoms with Gasteiger partial charge in [-0.1, -0.05) is 19.3 Å². The standard InChI is InChI=1S/C16H28N4S/c1-16(9-5-11-21-16)15(18-17)12-13-8-10-20(19-13)14-6-3-2-4-7-14/h8,10,14-15,18H,2-7,9,11-12,17H2,1H3. The maximum absolute atomic E-state index is 5.84. The Balaban J connectivity index is 1.65. The molecule has 5 heteroatoms. The van der Waals surface area contributed by atoms with Gasteiger partial charge in [-0.2, -0.15) is 16.9 Å². The van der Waals surface area contributed by atoms with E-state index in [-0.39, 0.29) is 4.75 Å². The molecule has 4 nitrogen and oxygen atoms in total. The van der Waals surface area contributed by atoms with Crippen molar-refractivity contribution >= 4 is 11.8 Å². The van der Waals surface area contributed by atoms with Crippen molar-refractivity contribution in [3.63, 3.8) is 0 Å². The van der Waals surface area contributed by atoms with Crippen LogP contribution in [0.1, 0.15) is 63.6 Å². The first-order chi connectivity index (χ1) is 10.2. The Kier molecular flexibility index (Phi) is 4.92. The van der Waals surface area contributed by atoms with Gasteiger partial charge in [-0.25, -0.2) is 0 Å². The molecule has 3 rings (SSSR count). The van der Waals surface area contributed by atoms with Gasteiger partial charge in [0, 0.05) is 23.4 Å². The van der Waals surface area contributed by atoms with Gasteiger partial charge in [0.1, 0.15) is 0 Å². The first-order valence-electron chi connectivity index (χ1n) is 8.35. The van der Waals surface area contributed by atoms with Crippen LogP contribution >= 0.6 is 11.8 Å². The molecule has 1 aromatic rings. The molecule has 3 N–H and O–H groups in total. The van der Waals surface area contributed by atoms with E-state index in [4.69, 9.17) is 10.9 Å². The molecule has 2 aliphatic rings. The fraction of sp³-hybridized carbons (Fsp3) is 0.812. The van der Waals surface area contributed by atoms with Crippen LogP contribution < -0.4 is 11.3 Å². The van der Waals surface area contributed by atoms with Crippen molar-refractivity contribution in [3.8, 4) is 0 Å². The summed E-state index contributed by atoms with van der Waals surface area (Å²) in [5, 5.41) is 4.84. The second-order valence-electron chi connectivity index (χ2n) is 6.77. The molecule has 1 aliphatic carbocycles. The first-order valence-corrected chi connectivity index (χ1v) is 9.34. The lowest BCUT2D eigenvalue weighted by molar-refractivity contribution is 0.326. The van der Waals surface area contributed by atoms with Crippen LogP contribution in [0.5, 0.6) is 0 Å². The van der Waals surface area contributed by atoms with Crippen LogP contribution in [-0.2, 0) is 6.42 Å². The van der Waals surface area contributed by atoms with Crippen LogP contribution in [0.25, 0.3) is 0 Å². The van der Waals surface area contributed by atoms with E-state index < -0.39 is 0 Å². The highest BCUT2D eigenvalue weighted by atomic mass is 32.2. The van der Waals surface area contributed by atoms with E-state index in [0.29, 0.717) is 12.1 Å². The predicted molar refractivity (Wildman–Crippen MR) is 89.3 cm³/mol. The number of aromatic nitrogens is 2. The summed E-state index contributed by atoms with van der Waals surface area (Å²) in [6, 6.07) is 3.11. The van der Waals surface area contributed by atoms with Crippen LogP contribution in [0.2, 0.25) is 0 Å². The van der Waals surface area contributed by atoms with Crippen molar-refractivity contribution in [2.45, 2.75) is 75.1 Å². The average Bonchev–Trinajstić information content (AvgIpc) is 3.15. The van der Waals surface area contributed by atoms with Gasteiger partial charge in [-0.3, -0.25) is 16.0 Å². The Morgan fingerprint density at radius 3 is 2.90 bits per heavy atom. The topological polar surface area (TPSA) is 55.9 Å². The fourth-order valence-corrected chi connectivity index (χ4v) is 5.17. The zero-order valence-electron chi connectivity index (χ0n) is 13.1. The molecule has 0 amide bonds.